The Morgan fingerprint density at radius 1 is 1.00 bits per heavy atom. The molecular formula is C23H35NS. The van der Waals surface area contributed by atoms with E-state index >= 15 is 0 Å². The number of allylic oxidation sites excluding steroid dienone is 6. The zero-order valence-corrected chi connectivity index (χ0v) is 17.4. The average Bonchev–Trinajstić information content (AvgIpc) is 3.12. The molecule has 2 aliphatic carbocycles. The fourth-order valence-corrected chi connectivity index (χ4v) is 4.87. The predicted octanol–water partition coefficient (Wildman–Crippen LogP) is 7.02. The molecule has 0 spiro atoms. The van der Waals surface area contributed by atoms with Crippen molar-refractivity contribution in [3.63, 3.8) is 0 Å². The van der Waals surface area contributed by atoms with Crippen molar-refractivity contribution < 1.29 is 0 Å². The van der Waals surface area contributed by atoms with Crippen LogP contribution in [-0.4, -0.2) is 23.7 Å². The van der Waals surface area contributed by atoms with Crippen molar-refractivity contribution in [1.82, 2.24) is 4.90 Å². The van der Waals surface area contributed by atoms with Crippen molar-refractivity contribution in [2.24, 2.45) is 0 Å². The Labute approximate surface area is 159 Å². The monoisotopic (exact) mass is 357 g/mol. The number of likely N-dealkylation sites (tertiary alicyclic amines) is 1. The first-order chi connectivity index (χ1) is 11.9. The summed E-state index contributed by atoms with van der Waals surface area (Å²) in [5.41, 5.74) is 8.63. The molecule has 0 amide bonds. The van der Waals surface area contributed by atoms with Gasteiger partial charge in [-0.25, -0.2) is 0 Å². The van der Waals surface area contributed by atoms with Gasteiger partial charge in [-0.2, -0.15) is 0 Å². The zero-order chi connectivity index (χ0) is 18.4. The fourth-order valence-electron chi connectivity index (χ4n) is 3.89. The largest absolute Gasteiger partial charge is 0.375 e. The highest BCUT2D eigenvalue weighted by molar-refractivity contribution is 8.03. The summed E-state index contributed by atoms with van der Waals surface area (Å²) >= 11 is 1.97. The lowest BCUT2D eigenvalue weighted by atomic mass is 10.0. The third-order valence-electron chi connectivity index (χ3n) is 5.02. The number of hydrogen-bond donors (Lipinski definition) is 0. The number of hydrogen-bond acceptors (Lipinski definition) is 2. The predicted molar refractivity (Wildman–Crippen MR) is 115 cm³/mol. The van der Waals surface area contributed by atoms with E-state index in [1.807, 2.05) is 25.6 Å². The summed E-state index contributed by atoms with van der Waals surface area (Å²) in [5.74, 6) is 1.03. The Bertz CT molecular complexity index is 596. The molecule has 1 fully saturated rings. The molecule has 0 aromatic heterocycles. The summed E-state index contributed by atoms with van der Waals surface area (Å²) in [5, 5.41) is 0. The Balaban J connectivity index is 0.000000511. The van der Waals surface area contributed by atoms with Crippen LogP contribution < -0.4 is 0 Å². The van der Waals surface area contributed by atoms with Gasteiger partial charge in [0.05, 0.1) is 0 Å². The summed E-state index contributed by atoms with van der Waals surface area (Å²) in [7, 11) is 0. The van der Waals surface area contributed by atoms with Gasteiger partial charge in [-0.1, -0.05) is 24.3 Å². The van der Waals surface area contributed by atoms with Crippen molar-refractivity contribution in [3.05, 3.63) is 58.2 Å². The van der Waals surface area contributed by atoms with Crippen LogP contribution in [0.25, 0.3) is 0 Å². The lowest BCUT2D eigenvalue weighted by Crippen LogP contribution is -2.29. The minimum atomic E-state index is 1.03. The van der Waals surface area contributed by atoms with Crippen LogP contribution in [0, 0.1) is 0 Å². The van der Waals surface area contributed by atoms with E-state index in [9.17, 15) is 0 Å². The lowest BCUT2D eigenvalue weighted by molar-refractivity contribution is 0.288. The molecule has 0 saturated carbocycles. The first-order valence-corrected chi connectivity index (χ1v) is 10.7. The summed E-state index contributed by atoms with van der Waals surface area (Å²) in [4.78, 5) is 3.95. The number of rotatable bonds is 4. The molecular weight excluding hydrogens is 322 g/mol. The molecule has 0 aromatic carbocycles. The third-order valence-corrected chi connectivity index (χ3v) is 6.14. The van der Waals surface area contributed by atoms with Crippen molar-refractivity contribution in [2.75, 3.05) is 18.8 Å². The molecule has 0 bridgehead atoms. The van der Waals surface area contributed by atoms with Crippen LogP contribution in [0.1, 0.15) is 65.7 Å². The van der Waals surface area contributed by atoms with E-state index in [1.54, 1.807) is 11.1 Å². The molecule has 0 N–H and O–H groups in total. The molecule has 3 aliphatic rings. The van der Waals surface area contributed by atoms with E-state index in [1.165, 1.54) is 78.9 Å². The van der Waals surface area contributed by atoms with Gasteiger partial charge in [0.1, 0.15) is 0 Å². The van der Waals surface area contributed by atoms with Crippen LogP contribution in [0.3, 0.4) is 0 Å². The molecule has 1 aliphatic heterocycles. The highest BCUT2D eigenvalue weighted by atomic mass is 32.2. The van der Waals surface area contributed by atoms with Gasteiger partial charge >= 0.3 is 0 Å². The maximum absolute atomic E-state index is 4.31. The second kappa shape index (κ2) is 9.52. The van der Waals surface area contributed by atoms with E-state index in [0.29, 0.717) is 0 Å². The maximum atomic E-state index is 4.31. The quantitative estimate of drug-likeness (QED) is 0.497. The molecule has 25 heavy (non-hydrogen) atoms. The normalized spacial score (nSPS) is 21.7. The Hall–Kier alpha value is -1.15. The van der Waals surface area contributed by atoms with Crippen LogP contribution >= 0.6 is 11.8 Å². The van der Waals surface area contributed by atoms with E-state index in [4.69, 9.17) is 0 Å². The van der Waals surface area contributed by atoms with Gasteiger partial charge < -0.3 is 4.90 Å². The van der Waals surface area contributed by atoms with Gasteiger partial charge in [-0.05, 0) is 87.3 Å². The minimum absolute atomic E-state index is 1.03. The number of nitrogens with zero attached hydrogens (tertiary/aromatic N) is 1. The van der Waals surface area contributed by atoms with Crippen LogP contribution in [0.4, 0.5) is 0 Å². The topological polar surface area (TPSA) is 3.24 Å². The molecule has 1 nitrogen and oxygen atoms in total. The second-order valence-electron chi connectivity index (χ2n) is 7.76. The molecule has 1 heterocycles. The van der Waals surface area contributed by atoms with Gasteiger partial charge in [0.25, 0.3) is 0 Å². The fraction of sp³-hybridized carbons (Fsp3) is 0.565. The molecule has 3 rings (SSSR count). The molecule has 138 valence electrons. The Morgan fingerprint density at radius 2 is 1.64 bits per heavy atom. The van der Waals surface area contributed by atoms with Gasteiger partial charge in [-0.3, -0.25) is 0 Å². The summed E-state index contributed by atoms with van der Waals surface area (Å²) in [6.07, 6.45) is 9.10. The van der Waals surface area contributed by atoms with Gasteiger partial charge in [0, 0.05) is 24.5 Å². The van der Waals surface area contributed by atoms with Crippen molar-refractivity contribution in [1.29, 1.82) is 0 Å². The van der Waals surface area contributed by atoms with Crippen LogP contribution in [0.15, 0.2) is 58.2 Å². The third kappa shape index (κ3) is 5.67. The van der Waals surface area contributed by atoms with Crippen LogP contribution in [0.5, 0.6) is 0 Å². The van der Waals surface area contributed by atoms with E-state index in [0.717, 1.165) is 12.2 Å². The Kier molecular flexibility index (Phi) is 7.68. The zero-order valence-electron chi connectivity index (χ0n) is 16.5. The minimum Gasteiger partial charge on any atom is -0.375 e. The molecule has 0 radical (unpaired) electrons. The second-order valence-corrected chi connectivity index (χ2v) is 8.95. The summed E-state index contributed by atoms with van der Waals surface area (Å²) < 4.78 is 0. The highest BCUT2D eigenvalue weighted by Crippen LogP contribution is 2.47. The van der Waals surface area contributed by atoms with E-state index < -0.39 is 0 Å². The SMILES string of the molecule is C=C(C)C.C=C1CC2=C(CCC2)/C1=C(/C)SCC(=C)N1CCCCC1. The van der Waals surface area contributed by atoms with E-state index in [-0.39, 0.29) is 0 Å². The summed E-state index contributed by atoms with van der Waals surface area (Å²) in [6, 6.07) is 0. The first-order valence-electron chi connectivity index (χ1n) is 9.68. The number of piperidine rings is 1. The average molecular weight is 358 g/mol. The maximum Gasteiger partial charge on any atom is 0.0373 e. The molecule has 0 unspecified atom stereocenters. The highest BCUT2D eigenvalue weighted by Gasteiger charge is 2.28. The van der Waals surface area contributed by atoms with Crippen molar-refractivity contribution >= 4 is 11.8 Å². The molecule has 0 atom stereocenters. The van der Waals surface area contributed by atoms with Gasteiger partial charge in [-0.15, -0.1) is 18.3 Å². The molecule has 1 saturated heterocycles. The number of thioether (sulfide) groups is 1. The molecule has 2 heteroatoms. The smallest absolute Gasteiger partial charge is 0.0373 e. The first kappa shape index (κ1) is 20.2. The van der Waals surface area contributed by atoms with Gasteiger partial charge in [0.2, 0.25) is 0 Å². The van der Waals surface area contributed by atoms with Crippen molar-refractivity contribution in [2.45, 2.75) is 65.7 Å². The molecule has 0 aromatic rings. The lowest BCUT2D eigenvalue weighted by Gasteiger charge is -2.30. The summed E-state index contributed by atoms with van der Waals surface area (Å²) in [6.45, 7) is 20.8. The standard InChI is InChI=1S/C19H27NS.C4H8/c1-14-12-17-8-7-9-18(17)19(14)16(3)21-13-15(2)20-10-5-4-6-11-20;1-4(2)3/h1-2,4-13H2,3H3;1H2,2-3H3/b19-16-;. The van der Waals surface area contributed by atoms with Crippen LogP contribution in [0.2, 0.25) is 0 Å². The Morgan fingerprint density at radius 3 is 2.28 bits per heavy atom. The van der Waals surface area contributed by atoms with E-state index in [2.05, 4.69) is 31.6 Å². The van der Waals surface area contributed by atoms with Crippen molar-refractivity contribution in [3.8, 4) is 0 Å². The van der Waals surface area contributed by atoms with Gasteiger partial charge in [0.15, 0.2) is 0 Å². The van der Waals surface area contributed by atoms with Crippen LogP contribution in [-0.2, 0) is 0 Å².